The van der Waals surface area contributed by atoms with Gasteiger partial charge in [-0.05, 0) is 121 Å². The highest BCUT2D eigenvalue weighted by atomic mass is 14.6. The predicted molar refractivity (Wildman–Crippen MR) is 206 cm³/mol. The first-order valence-corrected chi connectivity index (χ1v) is 18.1. The molecule has 0 saturated heterocycles. The van der Waals surface area contributed by atoms with E-state index < -0.39 is 5.41 Å². The maximum atomic E-state index is 10.7. The quantitative estimate of drug-likeness (QED) is 0.188. The van der Waals surface area contributed by atoms with E-state index in [4.69, 9.17) is 0 Å². The van der Waals surface area contributed by atoms with Crippen LogP contribution in [-0.4, -0.2) is 0 Å². The van der Waals surface area contributed by atoms with Gasteiger partial charge in [-0.25, -0.2) is 0 Å². The molecule has 2 atom stereocenters. The van der Waals surface area contributed by atoms with Gasteiger partial charge in [0.25, 0.3) is 0 Å². The van der Waals surface area contributed by atoms with E-state index in [0.717, 1.165) is 74.0 Å². The van der Waals surface area contributed by atoms with E-state index in [1.54, 1.807) is 0 Å². The van der Waals surface area contributed by atoms with Gasteiger partial charge >= 0.3 is 0 Å². The van der Waals surface area contributed by atoms with Crippen molar-refractivity contribution >= 4 is 0 Å². The van der Waals surface area contributed by atoms with Gasteiger partial charge in [0.05, 0.1) is 40.3 Å². The van der Waals surface area contributed by atoms with Crippen LogP contribution in [-0.2, 0) is 16.2 Å². The van der Waals surface area contributed by atoms with Crippen molar-refractivity contribution in [3.8, 4) is 40.5 Å². The third-order valence-electron chi connectivity index (χ3n) is 12.4. The van der Waals surface area contributed by atoms with Gasteiger partial charge in [0.1, 0.15) is 0 Å². The van der Waals surface area contributed by atoms with E-state index in [-0.39, 0.29) is 16.7 Å². The molecule has 4 aliphatic carbocycles. The van der Waals surface area contributed by atoms with E-state index >= 15 is 0 Å². The topological polar surface area (TPSA) is 71.4 Å². The zero-order valence-electron chi connectivity index (χ0n) is 29.9. The monoisotopic (exact) mass is 667 g/mol. The number of benzene rings is 6. The predicted octanol–water partition coefficient (Wildman–Crippen LogP) is 11.2. The molecule has 52 heavy (non-hydrogen) atoms. The fourth-order valence-corrected chi connectivity index (χ4v) is 9.80. The highest BCUT2D eigenvalue weighted by Crippen LogP contribution is 2.65. The largest absolute Gasteiger partial charge is 0.192 e. The number of hydrogen-bond donors (Lipinski definition) is 0. The van der Waals surface area contributed by atoms with Crippen molar-refractivity contribution in [3.05, 3.63) is 188 Å². The summed E-state index contributed by atoms with van der Waals surface area (Å²) in [5.74, 6) is -0.288. The molecule has 0 N–H and O–H groups in total. The number of fused-ring (bicyclic) bond motifs is 1. The minimum atomic E-state index is -0.787. The van der Waals surface area contributed by atoms with Crippen LogP contribution >= 0.6 is 0 Å². The maximum absolute atomic E-state index is 10.7. The Morgan fingerprint density at radius 3 is 1.81 bits per heavy atom. The summed E-state index contributed by atoms with van der Waals surface area (Å²) in [5, 5.41) is 31.6. The standard InChI is InChI=1S/C49H37N3/c1-47(2)21-22-48(3,4)43-25-35(17-20-40(43)47)49-39-18-15-30(27-50)23-37(39)45(38-24-34(29-52)36(26-42(38)49)31-11-7-5-8-12-31)46-41(49)19-16-33(28-51)44(46)32-13-9-6-10-14-32/h5-20,23-26,45H,21-22H2,1-4H3. The van der Waals surface area contributed by atoms with E-state index in [0.29, 0.717) is 16.7 Å². The third kappa shape index (κ3) is 4.22. The molecule has 248 valence electrons. The summed E-state index contributed by atoms with van der Waals surface area (Å²) in [4.78, 5) is 0. The molecule has 3 nitrogen and oxygen atoms in total. The summed E-state index contributed by atoms with van der Waals surface area (Å²) in [7, 11) is 0. The summed E-state index contributed by atoms with van der Waals surface area (Å²) in [6, 6.07) is 49.8. The highest BCUT2D eigenvalue weighted by molar-refractivity contribution is 5.88. The Bertz CT molecular complexity index is 2600. The maximum Gasteiger partial charge on any atom is 0.0998 e. The molecule has 0 fully saturated rings. The van der Waals surface area contributed by atoms with Crippen LogP contribution in [0.4, 0.5) is 0 Å². The molecule has 0 amide bonds. The molecule has 0 radical (unpaired) electrons. The lowest BCUT2D eigenvalue weighted by Crippen LogP contribution is -2.44. The van der Waals surface area contributed by atoms with Gasteiger partial charge in [0, 0.05) is 11.5 Å². The minimum Gasteiger partial charge on any atom is -0.192 e. The Hall–Kier alpha value is -6.21. The Labute approximate surface area is 306 Å². The molecular weight excluding hydrogens is 631 g/mol. The van der Waals surface area contributed by atoms with E-state index in [1.807, 2.05) is 48.5 Å². The lowest BCUT2D eigenvalue weighted by Gasteiger charge is -2.53. The molecule has 4 aliphatic rings. The van der Waals surface area contributed by atoms with Crippen LogP contribution < -0.4 is 0 Å². The smallest absolute Gasteiger partial charge is 0.0998 e. The van der Waals surface area contributed by atoms with Gasteiger partial charge in [-0.15, -0.1) is 0 Å². The van der Waals surface area contributed by atoms with Crippen molar-refractivity contribution in [2.45, 2.75) is 62.7 Å². The summed E-state index contributed by atoms with van der Waals surface area (Å²) in [6.07, 6.45) is 2.22. The average molecular weight is 668 g/mol. The fraction of sp³-hybridized carbons (Fsp3) is 0.204. The summed E-state index contributed by atoms with van der Waals surface area (Å²) >= 11 is 0. The van der Waals surface area contributed by atoms with Gasteiger partial charge in [-0.2, -0.15) is 15.8 Å². The Balaban J connectivity index is 1.50. The summed E-state index contributed by atoms with van der Waals surface area (Å²) < 4.78 is 0. The Morgan fingerprint density at radius 2 is 1.13 bits per heavy atom. The van der Waals surface area contributed by atoms with E-state index in [2.05, 4.69) is 119 Å². The van der Waals surface area contributed by atoms with Crippen LogP contribution in [0.3, 0.4) is 0 Å². The van der Waals surface area contributed by atoms with Crippen LogP contribution in [0.1, 0.15) is 113 Å². The number of nitriles is 3. The Morgan fingerprint density at radius 1 is 0.519 bits per heavy atom. The summed E-state index contributed by atoms with van der Waals surface area (Å²) in [5.41, 5.74) is 15.4. The van der Waals surface area contributed by atoms with Crippen LogP contribution in [0.15, 0.2) is 121 Å². The van der Waals surface area contributed by atoms with Crippen LogP contribution in [0.5, 0.6) is 0 Å². The number of nitrogens with zero attached hydrogens (tertiary/aromatic N) is 3. The van der Waals surface area contributed by atoms with Gasteiger partial charge in [0.15, 0.2) is 0 Å². The van der Waals surface area contributed by atoms with Crippen molar-refractivity contribution in [1.29, 1.82) is 15.8 Å². The molecule has 10 rings (SSSR count). The lowest BCUT2D eigenvalue weighted by atomic mass is 9.49. The first-order valence-electron chi connectivity index (χ1n) is 18.1. The summed E-state index contributed by atoms with van der Waals surface area (Å²) in [6.45, 7) is 9.46. The molecule has 0 saturated carbocycles. The van der Waals surface area contributed by atoms with E-state index in [9.17, 15) is 15.8 Å². The van der Waals surface area contributed by atoms with Gasteiger partial charge < -0.3 is 0 Å². The van der Waals surface area contributed by atoms with Crippen LogP contribution in [0.25, 0.3) is 22.3 Å². The fourth-order valence-electron chi connectivity index (χ4n) is 9.80. The minimum absolute atomic E-state index is 0.0255. The van der Waals surface area contributed by atoms with Crippen molar-refractivity contribution in [1.82, 2.24) is 0 Å². The molecule has 0 aromatic heterocycles. The molecular formula is C49H37N3. The molecule has 2 bridgehead atoms. The molecule has 6 aromatic rings. The molecule has 3 heteroatoms. The zero-order chi connectivity index (χ0) is 36.0. The molecule has 0 heterocycles. The molecule has 2 unspecified atom stereocenters. The first kappa shape index (κ1) is 31.7. The SMILES string of the molecule is CC1(C)CCC(C)(C)c2cc(C34c5ccc(C#N)cc5C(c5cc(C#N)c(-c6ccccc6)cc53)c3c4ccc(C#N)c3-c3ccccc3)ccc21. The normalized spacial score (nSPS) is 19.5. The molecule has 0 spiro atoms. The van der Waals surface area contributed by atoms with Crippen molar-refractivity contribution < 1.29 is 0 Å². The van der Waals surface area contributed by atoms with Gasteiger partial charge in [-0.3, -0.25) is 0 Å². The van der Waals surface area contributed by atoms with Crippen LogP contribution in [0.2, 0.25) is 0 Å². The molecule has 6 aromatic carbocycles. The third-order valence-corrected chi connectivity index (χ3v) is 12.4. The average Bonchev–Trinajstić information content (AvgIpc) is 3.18. The lowest BCUT2D eigenvalue weighted by molar-refractivity contribution is 0.331. The van der Waals surface area contributed by atoms with Gasteiger partial charge in [0.2, 0.25) is 0 Å². The van der Waals surface area contributed by atoms with Crippen molar-refractivity contribution in [2.75, 3.05) is 0 Å². The van der Waals surface area contributed by atoms with Gasteiger partial charge in [-0.1, -0.05) is 119 Å². The molecule has 0 aliphatic heterocycles. The van der Waals surface area contributed by atoms with Crippen molar-refractivity contribution in [3.63, 3.8) is 0 Å². The second kappa shape index (κ2) is 11.1. The van der Waals surface area contributed by atoms with Crippen molar-refractivity contribution in [2.24, 2.45) is 0 Å². The second-order valence-electron chi connectivity index (χ2n) is 16.0. The Kier molecular flexibility index (Phi) is 6.80. The first-order chi connectivity index (χ1) is 25.1. The number of rotatable bonds is 3. The highest BCUT2D eigenvalue weighted by Gasteiger charge is 2.55. The zero-order valence-corrected chi connectivity index (χ0v) is 29.9. The second-order valence-corrected chi connectivity index (χ2v) is 16.0. The number of hydrogen-bond acceptors (Lipinski definition) is 3. The van der Waals surface area contributed by atoms with Crippen LogP contribution in [0, 0.1) is 34.0 Å². The van der Waals surface area contributed by atoms with E-state index in [1.165, 1.54) is 11.1 Å².